The van der Waals surface area contributed by atoms with E-state index in [2.05, 4.69) is 15.0 Å². The van der Waals surface area contributed by atoms with Crippen molar-refractivity contribution in [3.05, 3.63) is 39.7 Å². The summed E-state index contributed by atoms with van der Waals surface area (Å²) >= 11 is 6.05. The molecule has 0 saturated carbocycles. The highest BCUT2D eigenvalue weighted by Gasteiger charge is 2.41. The zero-order valence-corrected chi connectivity index (χ0v) is 17.8. The van der Waals surface area contributed by atoms with Crippen LogP contribution in [0.5, 0.6) is 0 Å². The quantitative estimate of drug-likeness (QED) is 0.740. The Labute approximate surface area is 181 Å². The van der Waals surface area contributed by atoms with Crippen LogP contribution in [-0.4, -0.2) is 63.6 Å². The van der Waals surface area contributed by atoms with E-state index < -0.39 is 47.1 Å². The number of carbonyl (C=O) groups is 1. The Morgan fingerprint density at radius 3 is 2.65 bits per heavy atom. The van der Waals surface area contributed by atoms with Crippen LogP contribution < -0.4 is 10.5 Å². The molecule has 0 spiro atoms. The number of H-pyrrole nitrogens is 1. The maximum absolute atomic E-state index is 14.6. The molecule has 3 rings (SSSR count). The normalized spacial score (nSPS) is 16.7. The number of aromatic nitrogens is 3. The van der Waals surface area contributed by atoms with Gasteiger partial charge in [-0.05, 0) is 26.8 Å². The van der Waals surface area contributed by atoms with Gasteiger partial charge in [-0.25, -0.2) is 22.9 Å². The van der Waals surface area contributed by atoms with Crippen LogP contribution in [0.1, 0.15) is 20.8 Å². The summed E-state index contributed by atoms with van der Waals surface area (Å²) in [6.07, 6.45) is 1.35. The Hall–Kier alpha value is -2.82. The van der Waals surface area contributed by atoms with E-state index in [-0.39, 0.29) is 30.3 Å². The highest BCUT2D eigenvalue weighted by Crippen LogP contribution is 2.29. The Kier molecular flexibility index (Phi) is 6.17. The third kappa shape index (κ3) is 5.46. The van der Waals surface area contributed by atoms with E-state index in [1.165, 1.54) is 12.3 Å². The zero-order valence-electron chi connectivity index (χ0n) is 17.1. The van der Waals surface area contributed by atoms with Gasteiger partial charge in [0.2, 0.25) is 0 Å². The van der Waals surface area contributed by atoms with Gasteiger partial charge in [0.15, 0.2) is 11.6 Å². The van der Waals surface area contributed by atoms with Crippen molar-refractivity contribution >= 4 is 23.5 Å². The van der Waals surface area contributed by atoms with Crippen LogP contribution in [0.25, 0.3) is 11.4 Å². The molecule has 0 aromatic carbocycles. The topological polar surface area (TPSA) is 91.4 Å². The average Bonchev–Trinajstić information content (AvgIpc) is 2.81. The minimum atomic E-state index is -3.34. The van der Waals surface area contributed by atoms with E-state index in [4.69, 9.17) is 16.3 Å². The van der Waals surface area contributed by atoms with Crippen molar-refractivity contribution in [1.82, 2.24) is 19.9 Å². The van der Waals surface area contributed by atoms with Gasteiger partial charge in [-0.1, -0.05) is 11.6 Å². The molecule has 12 heteroatoms. The van der Waals surface area contributed by atoms with Gasteiger partial charge in [-0.15, -0.1) is 0 Å². The molecule has 1 amide bonds. The number of pyridine rings is 1. The maximum Gasteiger partial charge on any atom is 0.410 e. The summed E-state index contributed by atoms with van der Waals surface area (Å²) in [6.45, 7) is 2.97. The van der Waals surface area contributed by atoms with Gasteiger partial charge in [0, 0.05) is 19.3 Å². The third-order valence-electron chi connectivity index (χ3n) is 4.31. The van der Waals surface area contributed by atoms with Gasteiger partial charge >= 0.3 is 6.09 Å². The highest BCUT2D eigenvalue weighted by molar-refractivity contribution is 6.32. The molecular formula is C19H21ClF3N5O3. The van der Waals surface area contributed by atoms with Gasteiger partial charge in [-0.3, -0.25) is 9.78 Å². The van der Waals surface area contributed by atoms with E-state index in [0.717, 1.165) is 16.0 Å². The summed E-state index contributed by atoms with van der Waals surface area (Å²) in [4.78, 5) is 36.7. The second kappa shape index (κ2) is 8.37. The molecule has 1 saturated heterocycles. The number of halogens is 4. The minimum Gasteiger partial charge on any atom is -0.444 e. The van der Waals surface area contributed by atoms with E-state index in [9.17, 15) is 22.8 Å². The largest absolute Gasteiger partial charge is 0.444 e. The lowest BCUT2D eigenvalue weighted by atomic mass is 10.2. The zero-order chi connectivity index (χ0) is 23.0. The first-order valence-corrected chi connectivity index (χ1v) is 9.74. The monoisotopic (exact) mass is 459 g/mol. The number of hydrogen-bond donors (Lipinski definition) is 1. The molecule has 0 radical (unpaired) electrons. The molecule has 1 fully saturated rings. The number of ether oxygens (including phenoxy) is 1. The Balaban J connectivity index is 1.95. The number of amides is 1. The van der Waals surface area contributed by atoms with Crippen molar-refractivity contribution < 1.29 is 22.7 Å². The fraction of sp³-hybridized carbons (Fsp3) is 0.474. The van der Waals surface area contributed by atoms with Gasteiger partial charge in [0.1, 0.15) is 16.4 Å². The van der Waals surface area contributed by atoms with E-state index in [1.54, 1.807) is 20.8 Å². The second-order valence-corrected chi connectivity index (χ2v) is 8.47. The first-order valence-electron chi connectivity index (χ1n) is 9.37. The molecule has 0 bridgehead atoms. The van der Waals surface area contributed by atoms with Gasteiger partial charge in [0.05, 0.1) is 24.8 Å². The molecule has 0 aliphatic carbocycles. The van der Waals surface area contributed by atoms with Crippen LogP contribution in [0, 0.1) is 5.82 Å². The number of nitrogens with one attached hydrogen (secondary N) is 1. The molecule has 0 atom stereocenters. The van der Waals surface area contributed by atoms with Crippen molar-refractivity contribution in [3.63, 3.8) is 0 Å². The molecule has 1 aliphatic heterocycles. The van der Waals surface area contributed by atoms with Crippen molar-refractivity contribution in [2.24, 2.45) is 0 Å². The van der Waals surface area contributed by atoms with Crippen LogP contribution in [-0.2, 0) is 4.74 Å². The molecular weight excluding hydrogens is 439 g/mol. The minimum absolute atomic E-state index is 0.0676. The lowest BCUT2D eigenvalue weighted by Crippen LogP contribution is -2.44. The number of anilines is 1. The highest BCUT2D eigenvalue weighted by atomic mass is 35.5. The number of aromatic amines is 1. The number of nitrogens with zero attached hydrogens (tertiary/aromatic N) is 4. The first-order chi connectivity index (χ1) is 14.4. The number of hydrogen-bond acceptors (Lipinski definition) is 6. The number of alkyl halides is 2. The molecule has 31 heavy (non-hydrogen) atoms. The van der Waals surface area contributed by atoms with Crippen molar-refractivity contribution in [2.75, 3.05) is 31.1 Å². The van der Waals surface area contributed by atoms with Gasteiger partial charge in [0.25, 0.3) is 11.5 Å². The standard InChI is InChI=1S/C19H21ClF3N5O3/c1-18(2,3)31-17(30)28-7-6-27(9-19(22,23)10-28)15-13(20)16(29)26-14(25-15)11-4-5-24-8-12(11)21/h4-5,8H,6-7,9-10H2,1-3H3,(H,25,26,29). The summed E-state index contributed by atoms with van der Waals surface area (Å²) in [5.41, 5.74) is -1.73. The van der Waals surface area contributed by atoms with E-state index in [1.807, 2.05) is 0 Å². The van der Waals surface area contributed by atoms with Gasteiger partial charge in [-0.2, -0.15) is 0 Å². The summed E-state index contributed by atoms with van der Waals surface area (Å²) in [7, 11) is 0. The summed E-state index contributed by atoms with van der Waals surface area (Å²) < 4.78 is 48.6. The van der Waals surface area contributed by atoms with Crippen LogP contribution in [0.4, 0.5) is 23.8 Å². The molecule has 8 nitrogen and oxygen atoms in total. The molecule has 1 aliphatic rings. The summed E-state index contributed by atoms with van der Waals surface area (Å²) in [6, 6.07) is 1.28. The lowest BCUT2D eigenvalue weighted by Gasteiger charge is -2.27. The molecule has 168 valence electrons. The smallest absolute Gasteiger partial charge is 0.410 e. The Morgan fingerprint density at radius 2 is 2.00 bits per heavy atom. The van der Waals surface area contributed by atoms with Crippen LogP contribution in [0.15, 0.2) is 23.3 Å². The predicted molar refractivity (Wildman–Crippen MR) is 108 cm³/mol. The summed E-state index contributed by atoms with van der Waals surface area (Å²) in [5.74, 6) is -4.51. The predicted octanol–water partition coefficient (Wildman–Crippen LogP) is 3.32. The number of carbonyl (C=O) groups excluding carboxylic acids is 1. The first kappa shape index (κ1) is 22.9. The van der Waals surface area contributed by atoms with E-state index in [0.29, 0.717) is 0 Å². The van der Waals surface area contributed by atoms with Gasteiger partial charge < -0.3 is 19.5 Å². The maximum atomic E-state index is 14.6. The molecule has 3 heterocycles. The molecule has 0 unspecified atom stereocenters. The fourth-order valence-electron chi connectivity index (χ4n) is 3.02. The van der Waals surface area contributed by atoms with Crippen LogP contribution in [0.2, 0.25) is 5.02 Å². The van der Waals surface area contributed by atoms with Crippen LogP contribution >= 0.6 is 11.6 Å². The molecule has 2 aromatic rings. The van der Waals surface area contributed by atoms with E-state index >= 15 is 0 Å². The Bertz CT molecular complexity index is 1040. The van der Waals surface area contributed by atoms with Crippen molar-refractivity contribution in [3.8, 4) is 11.4 Å². The third-order valence-corrected chi connectivity index (χ3v) is 4.65. The fourth-order valence-corrected chi connectivity index (χ4v) is 3.23. The number of rotatable bonds is 2. The van der Waals surface area contributed by atoms with Crippen molar-refractivity contribution in [1.29, 1.82) is 0 Å². The Morgan fingerprint density at radius 1 is 1.29 bits per heavy atom. The average molecular weight is 460 g/mol. The van der Waals surface area contributed by atoms with Crippen molar-refractivity contribution in [2.45, 2.75) is 32.3 Å². The summed E-state index contributed by atoms with van der Waals surface area (Å²) in [5, 5.41) is -0.417. The van der Waals surface area contributed by atoms with Crippen LogP contribution in [0.3, 0.4) is 0 Å². The second-order valence-electron chi connectivity index (χ2n) is 8.09. The molecule has 2 aromatic heterocycles. The SMILES string of the molecule is CC(C)(C)OC(=O)N1CCN(c2nc(-c3ccncc3F)[nH]c(=O)c2Cl)CC(F)(F)C1. The lowest BCUT2D eigenvalue weighted by molar-refractivity contribution is -0.0285. The molecule has 1 N–H and O–H groups in total.